The molecule has 17 heavy (non-hydrogen) atoms. The first-order chi connectivity index (χ1) is 8.34. The van der Waals surface area contributed by atoms with E-state index in [1.165, 1.54) is 0 Å². The number of aromatic nitrogens is 5. The number of nitrogens with two attached hydrogens (primary N) is 1. The summed E-state index contributed by atoms with van der Waals surface area (Å²) in [7, 11) is 0. The maximum absolute atomic E-state index is 5.74. The van der Waals surface area contributed by atoms with E-state index in [1.54, 1.807) is 18.7 Å². The van der Waals surface area contributed by atoms with Crippen LogP contribution in [0.3, 0.4) is 0 Å². The van der Waals surface area contributed by atoms with Gasteiger partial charge in [0.15, 0.2) is 0 Å². The van der Waals surface area contributed by atoms with Crippen LogP contribution >= 0.6 is 0 Å². The third-order valence-corrected chi connectivity index (χ3v) is 2.44. The number of rotatable bonds is 2. The van der Waals surface area contributed by atoms with Gasteiger partial charge in [0, 0.05) is 12.4 Å². The van der Waals surface area contributed by atoms with Crippen LogP contribution in [0, 0.1) is 0 Å². The fraction of sp³-hybridized carbons (Fsp3) is 0. The molecular formula is C11H10N6. The van der Waals surface area contributed by atoms with Gasteiger partial charge in [0.25, 0.3) is 0 Å². The molecule has 3 heterocycles. The molecule has 0 saturated heterocycles. The van der Waals surface area contributed by atoms with Gasteiger partial charge in [-0.05, 0) is 12.1 Å². The second kappa shape index (κ2) is 3.75. The Hall–Kier alpha value is -2.63. The second-order valence-corrected chi connectivity index (χ2v) is 3.55. The molecule has 0 spiro atoms. The van der Waals surface area contributed by atoms with E-state index in [-0.39, 0.29) is 0 Å². The minimum Gasteiger partial charge on any atom is -0.382 e. The number of pyridine rings is 1. The first kappa shape index (κ1) is 9.59. The lowest BCUT2D eigenvalue weighted by atomic mass is 10.3. The van der Waals surface area contributed by atoms with E-state index >= 15 is 0 Å². The number of imidazole rings is 1. The largest absolute Gasteiger partial charge is 0.382 e. The van der Waals surface area contributed by atoms with E-state index in [0.29, 0.717) is 5.82 Å². The van der Waals surface area contributed by atoms with Gasteiger partial charge in [0.2, 0.25) is 0 Å². The van der Waals surface area contributed by atoms with Crippen LogP contribution in [-0.2, 0) is 0 Å². The summed E-state index contributed by atoms with van der Waals surface area (Å²) in [5.41, 5.74) is 8.14. The summed E-state index contributed by atoms with van der Waals surface area (Å²) >= 11 is 0. The van der Waals surface area contributed by atoms with Crippen molar-refractivity contribution in [2.75, 3.05) is 5.73 Å². The summed E-state index contributed by atoms with van der Waals surface area (Å²) in [5, 5.41) is 6.55. The quantitative estimate of drug-likeness (QED) is 0.688. The molecule has 6 nitrogen and oxygen atoms in total. The van der Waals surface area contributed by atoms with Crippen molar-refractivity contribution >= 4 is 5.82 Å². The number of H-pyrrole nitrogens is 1. The summed E-state index contributed by atoms with van der Waals surface area (Å²) in [5.74, 6) is 0.509. The molecule has 6 heteroatoms. The summed E-state index contributed by atoms with van der Waals surface area (Å²) in [6.07, 6.45) is 6.94. The van der Waals surface area contributed by atoms with Crippen LogP contribution in [0.15, 0.2) is 43.1 Å². The van der Waals surface area contributed by atoms with Crippen LogP contribution in [0.25, 0.3) is 17.1 Å². The molecule has 3 rings (SSSR count). The summed E-state index contributed by atoms with van der Waals surface area (Å²) in [6.45, 7) is 0. The van der Waals surface area contributed by atoms with Crippen molar-refractivity contribution in [2.45, 2.75) is 0 Å². The average Bonchev–Trinajstić information content (AvgIpc) is 2.98. The Bertz CT molecular complexity index is 624. The highest BCUT2D eigenvalue weighted by Gasteiger charge is 2.07. The van der Waals surface area contributed by atoms with E-state index in [0.717, 1.165) is 17.1 Å². The Labute approximate surface area is 97.1 Å². The third-order valence-electron chi connectivity index (χ3n) is 2.44. The maximum atomic E-state index is 5.74. The summed E-state index contributed by atoms with van der Waals surface area (Å²) < 4.78 is 1.81. The Balaban J connectivity index is 2.02. The van der Waals surface area contributed by atoms with Crippen molar-refractivity contribution in [3.63, 3.8) is 0 Å². The molecule has 84 valence electrons. The lowest BCUT2D eigenvalue weighted by Crippen LogP contribution is -1.94. The van der Waals surface area contributed by atoms with E-state index in [1.807, 2.05) is 29.0 Å². The zero-order valence-electron chi connectivity index (χ0n) is 8.91. The molecule has 0 aliphatic heterocycles. The van der Waals surface area contributed by atoms with E-state index < -0.39 is 0 Å². The molecule has 0 fully saturated rings. The lowest BCUT2D eigenvalue weighted by molar-refractivity contribution is 1.06. The molecule has 3 N–H and O–H groups in total. The number of nitrogen functional groups attached to an aromatic ring is 1. The normalized spacial score (nSPS) is 10.6. The van der Waals surface area contributed by atoms with Crippen LogP contribution in [-0.4, -0.2) is 24.7 Å². The first-order valence-electron chi connectivity index (χ1n) is 5.09. The fourth-order valence-electron chi connectivity index (χ4n) is 1.60. The molecule has 0 aliphatic rings. The van der Waals surface area contributed by atoms with Gasteiger partial charge in [0.05, 0.1) is 11.9 Å². The minimum absolute atomic E-state index is 0.509. The molecule has 0 bridgehead atoms. The van der Waals surface area contributed by atoms with Crippen molar-refractivity contribution in [3.05, 3.63) is 43.1 Å². The smallest absolute Gasteiger partial charge is 0.143 e. The average molecular weight is 226 g/mol. The Morgan fingerprint density at radius 1 is 1.18 bits per heavy atom. The SMILES string of the molecule is Nc1[nH]ncc1-n1cnc(-c2ccccn2)c1. The molecule has 0 aliphatic carbocycles. The van der Waals surface area contributed by atoms with Gasteiger partial charge >= 0.3 is 0 Å². The molecular weight excluding hydrogens is 216 g/mol. The van der Waals surface area contributed by atoms with Crippen molar-refractivity contribution < 1.29 is 0 Å². The van der Waals surface area contributed by atoms with Crippen molar-refractivity contribution in [1.82, 2.24) is 24.7 Å². The van der Waals surface area contributed by atoms with Gasteiger partial charge in [-0.25, -0.2) is 4.98 Å². The minimum atomic E-state index is 0.509. The van der Waals surface area contributed by atoms with Crippen LogP contribution in [0.1, 0.15) is 0 Å². The number of anilines is 1. The highest BCUT2D eigenvalue weighted by molar-refractivity contribution is 5.56. The lowest BCUT2D eigenvalue weighted by Gasteiger charge is -1.97. The predicted octanol–water partition coefficient (Wildman–Crippen LogP) is 1.24. The van der Waals surface area contributed by atoms with Gasteiger partial charge in [-0.2, -0.15) is 5.10 Å². The predicted molar refractivity (Wildman–Crippen MR) is 63.4 cm³/mol. The van der Waals surface area contributed by atoms with Crippen LogP contribution in [0.5, 0.6) is 0 Å². The number of aromatic amines is 1. The Morgan fingerprint density at radius 2 is 2.12 bits per heavy atom. The molecule has 0 aromatic carbocycles. The summed E-state index contributed by atoms with van der Waals surface area (Å²) in [4.78, 5) is 8.52. The molecule has 0 unspecified atom stereocenters. The number of hydrogen-bond acceptors (Lipinski definition) is 4. The molecule has 0 atom stereocenters. The maximum Gasteiger partial charge on any atom is 0.143 e. The number of nitrogens with one attached hydrogen (secondary N) is 1. The van der Waals surface area contributed by atoms with Crippen LogP contribution in [0.4, 0.5) is 5.82 Å². The zero-order valence-corrected chi connectivity index (χ0v) is 8.91. The topological polar surface area (TPSA) is 85.4 Å². The monoisotopic (exact) mass is 226 g/mol. The Kier molecular flexibility index (Phi) is 2.11. The molecule has 0 amide bonds. The van der Waals surface area contributed by atoms with Crippen molar-refractivity contribution in [2.24, 2.45) is 0 Å². The van der Waals surface area contributed by atoms with E-state index in [4.69, 9.17) is 5.73 Å². The highest BCUT2D eigenvalue weighted by atomic mass is 15.2. The number of hydrogen-bond donors (Lipinski definition) is 2. The van der Waals surface area contributed by atoms with Gasteiger partial charge in [-0.3, -0.25) is 10.1 Å². The summed E-state index contributed by atoms with van der Waals surface area (Å²) in [6, 6.07) is 5.70. The third kappa shape index (κ3) is 1.65. The Morgan fingerprint density at radius 3 is 2.82 bits per heavy atom. The highest BCUT2D eigenvalue weighted by Crippen LogP contribution is 2.18. The van der Waals surface area contributed by atoms with E-state index in [9.17, 15) is 0 Å². The van der Waals surface area contributed by atoms with Gasteiger partial charge in [-0.15, -0.1) is 0 Å². The van der Waals surface area contributed by atoms with Gasteiger partial charge in [0.1, 0.15) is 23.5 Å². The van der Waals surface area contributed by atoms with Crippen molar-refractivity contribution in [1.29, 1.82) is 0 Å². The fourth-order valence-corrected chi connectivity index (χ4v) is 1.60. The standard InChI is InChI=1S/C11H10N6/c12-11-10(5-15-16-11)17-6-9(14-7-17)8-3-1-2-4-13-8/h1-7H,(H3,12,15,16). The first-order valence-corrected chi connectivity index (χ1v) is 5.09. The van der Waals surface area contributed by atoms with Crippen molar-refractivity contribution in [3.8, 4) is 17.1 Å². The molecule has 0 radical (unpaired) electrons. The second-order valence-electron chi connectivity index (χ2n) is 3.55. The van der Waals surface area contributed by atoms with Crippen LogP contribution < -0.4 is 5.73 Å². The molecule has 0 saturated carbocycles. The van der Waals surface area contributed by atoms with Gasteiger partial charge in [-0.1, -0.05) is 6.07 Å². The zero-order chi connectivity index (χ0) is 11.7. The molecule has 3 aromatic rings. The van der Waals surface area contributed by atoms with E-state index in [2.05, 4.69) is 20.2 Å². The van der Waals surface area contributed by atoms with Crippen LogP contribution in [0.2, 0.25) is 0 Å². The number of nitrogens with zero attached hydrogens (tertiary/aromatic N) is 4. The molecule has 3 aromatic heterocycles. The van der Waals surface area contributed by atoms with Gasteiger partial charge < -0.3 is 10.3 Å².